The Kier molecular flexibility index (Phi) is 6.21. The van der Waals surface area contributed by atoms with Gasteiger partial charge in [-0.25, -0.2) is 0 Å². The smallest absolute Gasteiger partial charge is 0.264 e. The summed E-state index contributed by atoms with van der Waals surface area (Å²) in [6.45, 7) is 4.92. The van der Waals surface area contributed by atoms with Crippen molar-refractivity contribution >= 4 is 45.4 Å². The van der Waals surface area contributed by atoms with Gasteiger partial charge in [0, 0.05) is 31.1 Å². The number of rotatable bonds is 5. The molecule has 2 aromatic rings. The summed E-state index contributed by atoms with van der Waals surface area (Å²) in [6.07, 6.45) is 2.80. The molecule has 1 aliphatic heterocycles. The molecule has 2 aromatic heterocycles. The van der Waals surface area contributed by atoms with Crippen LogP contribution in [0.5, 0.6) is 0 Å². The Morgan fingerprint density at radius 3 is 2.67 bits per heavy atom. The number of fused-ring (bicyclic) bond motifs is 1. The first-order chi connectivity index (χ1) is 14.4. The van der Waals surface area contributed by atoms with Crippen LogP contribution in [0.25, 0.3) is 0 Å². The molecule has 9 heteroatoms. The van der Waals surface area contributed by atoms with Crippen LogP contribution in [-0.4, -0.2) is 60.2 Å². The molecule has 2 aliphatic rings. The Morgan fingerprint density at radius 2 is 2.00 bits per heavy atom. The average molecular weight is 447 g/mol. The molecule has 0 unspecified atom stereocenters. The molecule has 3 heterocycles. The Labute approximate surface area is 183 Å². The second-order valence-corrected chi connectivity index (χ2v) is 10.1. The van der Waals surface area contributed by atoms with Crippen molar-refractivity contribution < 1.29 is 14.4 Å². The number of amides is 3. The summed E-state index contributed by atoms with van der Waals surface area (Å²) in [7, 11) is 0. The van der Waals surface area contributed by atoms with E-state index in [1.807, 2.05) is 27.3 Å². The third-order valence-corrected chi connectivity index (χ3v) is 7.80. The number of nitrogens with two attached hydrogens (primary N) is 1. The predicted octanol–water partition coefficient (Wildman–Crippen LogP) is 2.43. The van der Waals surface area contributed by atoms with Gasteiger partial charge < -0.3 is 16.0 Å². The molecule has 1 saturated heterocycles. The lowest BCUT2D eigenvalue weighted by Crippen LogP contribution is -2.50. The van der Waals surface area contributed by atoms with Crippen LogP contribution < -0.4 is 11.1 Å². The summed E-state index contributed by atoms with van der Waals surface area (Å²) in [5, 5.41) is 5.41. The summed E-state index contributed by atoms with van der Waals surface area (Å²) in [4.78, 5) is 42.9. The minimum absolute atomic E-state index is 0.0543. The summed E-state index contributed by atoms with van der Waals surface area (Å²) < 4.78 is 0. The number of carbonyl (C=O) groups is 3. The third-order valence-electron chi connectivity index (χ3n) is 5.77. The topological polar surface area (TPSA) is 95.7 Å². The van der Waals surface area contributed by atoms with Crippen molar-refractivity contribution in [2.75, 3.05) is 38.0 Å². The Morgan fingerprint density at radius 1 is 1.23 bits per heavy atom. The van der Waals surface area contributed by atoms with Crippen LogP contribution in [-0.2, 0) is 17.6 Å². The largest absolute Gasteiger partial charge is 0.365 e. The van der Waals surface area contributed by atoms with Crippen LogP contribution in [0, 0.1) is 5.92 Å². The second kappa shape index (κ2) is 8.87. The van der Waals surface area contributed by atoms with Crippen LogP contribution in [0.4, 0.5) is 5.00 Å². The maximum Gasteiger partial charge on any atom is 0.264 e. The van der Waals surface area contributed by atoms with Crippen molar-refractivity contribution in [1.29, 1.82) is 0 Å². The van der Waals surface area contributed by atoms with E-state index >= 15 is 0 Å². The fourth-order valence-electron chi connectivity index (χ4n) is 4.13. The van der Waals surface area contributed by atoms with E-state index in [4.69, 9.17) is 5.73 Å². The van der Waals surface area contributed by atoms with Gasteiger partial charge >= 0.3 is 0 Å². The quantitative estimate of drug-likeness (QED) is 0.737. The molecule has 1 fully saturated rings. The van der Waals surface area contributed by atoms with Crippen molar-refractivity contribution in [2.24, 2.45) is 11.7 Å². The number of hydrogen-bond donors (Lipinski definition) is 2. The summed E-state index contributed by atoms with van der Waals surface area (Å²) in [5.74, 6) is 0.00689. The SMILES string of the molecule is C[C@H]1CCc2c(sc(NC(=O)CN3CCN(C(=O)c4cccs4)CC3)c2C(N)=O)C1. The number of nitrogens with one attached hydrogen (secondary N) is 1. The molecule has 0 aromatic carbocycles. The van der Waals surface area contributed by atoms with Gasteiger partial charge in [0.2, 0.25) is 5.91 Å². The van der Waals surface area contributed by atoms with Crippen LogP contribution in [0.1, 0.15) is 43.8 Å². The van der Waals surface area contributed by atoms with Crippen molar-refractivity contribution in [3.05, 3.63) is 38.4 Å². The first-order valence-electron chi connectivity index (χ1n) is 10.2. The van der Waals surface area contributed by atoms with Gasteiger partial charge in [-0.05, 0) is 42.2 Å². The van der Waals surface area contributed by atoms with Crippen molar-refractivity contribution in [3.63, 3.8) is 0 Å². The summed E-state index contributed by atoms with van der Waals surface area (Å²) in [5.41, 5.74) is 7.13. The van der Waals surface area contributed by atoms with Gasteiger partial charge in [-0.2, -0.15) is 0 Å². The number of hydrogen-bond acceptors (Lipinski definition) is 6. The highest BCUT2D eigenvalue weighted by Crippen LogP contribution is 2.39. The van der Waals surface area contributed by atoms with Gasteiger partial charge in [-0.3, -0.25) is 19.3 Å². The normalized spacial score (nSPS) is 19.4. The molecule has 0 saturated carbocycles. The number of carbonyl (C=O) groups excluding carboxylic acids is 3. The lowest BCUT2D eigenvalue weighted by molar-refractivity contribution is -0.117. The van der Waals surface area contributed by atoms with E-state index in [0.29, 0.717) is 42.7 Å². The Bertz CT molecular complexity index is 946. The van der Waals surface area contributed by atoms with E-state index in [2.05, 4.69) is 12.2 Å². The second-order valence-electron chi connectivity index (χ2n) is 8.01. The van der Waals surface area contributed by atoms with Crippen molar-refractivity contribution in [1.82, 2.24) is 9.80 Å². The Hall–Kier alpha value is -2.23. The number of thiophene rings is 2. The molecule has 4 rings (SSSR count). The first-order valence-corrected chi connectivity index (χ1v) is 11.9. The van der Waals surface area contributed by atoms with E-state index in [0.717, 1.165) is 29.7 Å². The van der Waals surface area contributed by atoms with Crippen molar-refractivity contribution in [3.8, 4) is 0 Å². The predicted molar refractivity (Wildman–Crippen MR) is 119 cm³/mol. The third kappa shape index (κ3) is 4.43. The van der Waals surface area contributed by atoms with Crippen molar-refractivity contribution in [2.45, 2.75) is 26.2 Å². The van der Waals surface area contributed by atoms with Gasteiger partial charge in [0.25, 0.3) is 11.8 Å². The van der Waals surface area contributed by atoms with Crippen LogP contribution in [0.3, 0.4) is 0 Å². The minimum atomic E-state index is -0.474. The number of anilines is 1. The van der Waals surface area contributed by atoms with Gasteiger partial charge in [-0.15, -0.1) is 22.7 Å². The lowest BCUT2D eigenvalue weighted by Gasteiger charge is -2.34. The van der Waals surface area contributed by atoms with Crippen LogP contribution >= 0.6 is 22.7 Å². The molecular weight excluding hydrogens is 420 g/mol. The van der Waals surface area contributed by atoms with E-state index in [9.17, 15) is 14.4 Å². The summed E-state index contributed by atoms with van der Waals surface area (Å²) in [6, 6.07) is 3.71. The average Bonchev–Trinajstić information content (AvgIpc) is 3.35. The highest BCUT2D eigenvalue weighted by molar-refractivity contribution is 7.17. The van der Waals surface area contributed by atoms with E-state index in [1.165, 1.54) is 27.6 Å². The molecule has 1 atom stereocenters. The van der Waals surface area contributed by atoms with Gasteiger partial charge in [-0.1, -0.05) is 13.0 Å². The maximum atomic E-state index is 12.7. The first kappa shape index (κ1) is 21.0. The zero-order valence-corrected chi connectivity index (χ0v) is 18.6. The van der Waals surface area contributed by atoms with E-state index in [-0.39, 0.29) is 18.4 Å². The molecule has 160 valence electrons. The molecule has 0 radical (unpaired) electrons. The highest BCUT2D eigenvalue weighted by Gasteiger charge is 2.28. The Balaban J connectivity index is 1.35. The molecule has 3 N–H and O–H groups in total. The molecule has 3 amide bonds. The van der Waals surface area contributed by atoms with Gasteiger partial charge in [0.1, 0.15) is 5.00 Å². The molecule has 1 aliphatic carbocycles. The summed E-state index contributed by atoms with van der Waals surface area (Å²) >= 11 is 2.93. The lowest BCUT2D eigenvalue weighted by atomic mass is 9.88. The number of piperazine rings is 1. The zero-order valence-electron chi connectivity index (χ0n) is 17.0. The van der Waals surface area contributed by atoms with E-state index in [1.54, 1.807) is 0 Å². The molecular formula is C21H26N4O3S2. The fourth-order valence-corrected chi connectivity index (χ4v) is 6.26. The molecule has 0 bridgehead atoms. The molecule has 0 spiro atoms. The number of nitrogens with zero attached hydrogens (tertiary/aromatic N) is 2. The van der Waals surface area contributed by atoms with Gasteiger partial charge in [0.15, 0.2) is 0 Å². The van der Waals surface area contributed by atoms with Crippen LogP contribution in [0.2, 0.25) is 0 Å². The highest BCUT2D eigenvalue weighted by atomic mass is 32.1. The minimum Gasteiger partial charge on any atom is -0.365 e. The monoisotopic (exact) mass is 446 g/mol. The molecule has 7 nitrogen and oxygen atoms in total. The zero-order chi connectivity index (χ0) is 21.3. The van der Waals surface area contributed by atoms with Gasteiger partial charge in [0.05, 0.1) is 17.0 Å². The number of primary amides is 1. The van der Waals surface area contributed by atoms with Crippen LogP contribution in [0.15, 0.2) is 17.5 Å². The maximum absolute atomic E-state index is 12.7. The fraction of sp³-hybridized carbons (Fsp3) is 0.476. The van der Waals surface area contributed by atoms with E-state index < -0.39 is 5.91 Å². The standard InChI is InChI=1S/C21H26N4O3S2/c1-13-4-5-14-16(11-13)30-20(18(14)19(22)27)23-17(26)12-24-6-8-25(9-7-24)21(28)15-3-2-10-29-15/h2-3,10,13H,4-9,11-12H2,1H3,(H2,22,27)(H,23,26)/t13-/m0/s1. The molecule has 30 heavy (non-hydrogen) atoms.